The van der Waals surface area contributed by atoms with Gasteiger partial charge in [-0.1, -0.05) is 18.2 Å². The molecule has 5 heteroatoms. The van der Waals surface area contributed by atoms with Crippen molar-refractivity contribution in [2.24, 2.45) is 11.8 Å². The Morgan fingerprint density at radius 1 is 1.13 bits per heavy atom. The van der Waals surface area contributed by atoms with Crippen LogP contribution >= 0.6 is 0 Å². The summed E-state index contributed by atoms with van der Waals surface area (Å²) in [7, 11) is 0. The van der Waals surface area contributed by atoms with Gasteiger partial charge in [-0.15, -0.1) is 0 Å². The highest BCUT2D eigenvalue weighted by Gasteiger charge is 2.33. The first-order chi connectivity index (χ1) is 11.0. The third-order valence-corrected chi connectivity index (χ3v) is 4.42. The summed E-state index contributed by atoms with van der Waals surface area (Å²) in [4.78, 5) is 0. The van der Waals surface area contributed by atoms with E-state index in [-0.39, 0.29) is 12.5 Å². The number of alkyl halides is 2. The molecule has 1 saturated carbocycles. The molecule has 1 fully saturated rings. The predicted octanol–water partition coefficient (Wildman–Crippen LogP) is 5.50. The molecule has 2 rings (SSSR count). The van der Waals surface area contributed by atoms with Crippen LogP contribution in [0.15, 0.2) is 30.4 Å². The molecule has 0 aliphatic heterocycles. The largest absolute Gasteiger partial charge is 0.367 e. The van der Waals surface area contributed by atoms with Crippen LogP contribution in [0.5, 0.6) is 0 Å². The Hall–Kier alpha value is -1.36. The van der Waals surface area contributed by atoms with E-state index in [0.29, 0.717) is 24.3 Å². The van der Waals surface area contributed by atoms with Crippen LogP contribution < -0.4 is 0 Å². The Morgan fingerprint density at radius 2 is 1.83 bits per heavy atom. The zero-order chi connectivity index (χ0) is 16.8. The van der Waals surface area contributed by atoms with E-state index in [1.54, 1.807) is 0 Å². The number of benzene rings is 1. The van der Waals surface area contributed by atoms with Crippen molar-refractivity contribution in [2.45, 2.75) is 51.7 Å². The zero-order valence-electron chi connectivity index (χ0n) is 13.2. The molecular formula is C18H22F4O. The number of allylic oxidation sites excluding steroid dienone is 2. The second kappa shape index (κ2) is 8.48. The lowest BCUT2D eigenvalue weighted by atomic mass is 9.79. The van der Waals surface area contributed by atoms with E-state index in [4.69, 9.17) is 4.74 Å². The standard InChI is InChI=1S/C18H22F4O/c1-2-3-12-4-7-14(8-5-12)17(18(21)22)23-11-13-6-9-15(19)16(20)10-13/h2-3,6,9-10,12,14,17-18H,4-5,7-8,11H2,1H3/b3-2+. The number of hydrogen-bond donors (Lipinski definition) is 0. The van der Waals surface area contributed by atoms with Crippen molar-refractivity contribution in [2.75, 3.05) is 0 Å². The first-order valence-electron chi connectivity index (χ1n) is 7.97. The van der Waals surface area contributed by atoms with Crippen molar-refractivity contribution < 1.29 is 22.3 Å². The van der Waals surface area contributed by atoms with E-state index in [0.717, 1.165) is 25.0 Å². The second-order valence-electron chi connectivity index (χ2n) is 6.06. The van der Waals surface area contributed by atoms with Gasteiger partial charge < -0.3 is 4.74 Å². The molecule has 1 unspecified atom stereocenters. The van der Waals surface area contributed by atoms with Gasteiger partial charge in [0.25, 0.3) is 6.43 Å². The van der Waals surface area contributed by atoms with E-state index < -0.39 is 24.2 Å². The van der Waals surface area contributed by atoms with Crippen molar-refractivity contribution in [1.29, 1.82) is 0 Å². The Morgan fingerprint density at radius 3 is 2.39 bits per heavy atom. The summed E-state index contributed by atoms with van der Waals surface area (Å²) >= 11 is 0. The summed E-state index contributed by atoms with van der Waals surface area (Å²) in [6.45, 7) is 1.82. The van der Waals surface area contributed by atoms with Crippen LogP contribution in [0.25, 0.3) is 0 Å². The second-order valence-corrected chi connectivity index (χ2v) is 6.06. The summed E-state index contributed by atoms with van der Waals surface area (Å²) in [6, 6.07) is 3.32. The van der Waals surface area contributed by atoms with Gasteiger partial charge in [0.15, 0.2) is 11.6 Å². The summed E-state index contributed by atoms with van der Waals surface area (Å²) < 4.78 is 58.0. The molecule has 0 saturated heterocycles. The number of ether oxygens (including phenoxy) is 1. The van der Waals surface area contributed by atoms with Crippen LogP contribution in [0.1, 0.15) is 38.2 Å². The van der Waals surface area contributed by atoms with Gasteiger partial charge in [-0.25, -0.2) is 17.6 Å². The van der Waals surface area contributed by atoms with E-state index >= 15 is 0 Å². The number of halogens is 4. The molecule has 1 aliphatic rings. The SMILES string of the molecule is C/C=C/C1CCC(C(OCc2ccc(F)c(F)c2)C(F)F)CC1. The monoisotopic (exact) mass is 330 g/mol. The summed E-state index contributed by atoms with van der Waals surface area (Å²) in [5.74, 6) is -1.68. The zero-order valence-corrected chi connectivity index (χ0v) is 13.2. The van der Waals surface area contributed by atoms with E-state index in [1.165, 1.54) is 6.07 Å². The molecular weight excluding hydrogens is 308 g/mol. The van der Waals surface area contributed by atoms with Gasteiger partial charge in [0.05, 0.1) is 6.61 Å². The fraction of sp³-hybridized carbons (Fsp3) is 0.556. The van der Waals surface area contributed by atoms with Crippen LogP contribution in [0.2, 0.25) is 0 Å². The molecule has 0 amide bonds. The molecule has 1 nitrogen and oxygen atoms in total. The van der Waals surface area contributed by atoms with Crippen molar-refractivity contribution in [3.05, 3.63) is 47.5 Å². The molecule has 0 heterocycles. The lowest BCUT2D eigenvalue weighted by Gasteiger charge is -2.32. The van der Waals surface area contributed by atoms with Gasteiger partial charge in [-0.3, -0.25) is 0 Å². The molecule has 0 radical (unpaired) electrons. The molecule has 23 heavy (non-hydrogen) atoms. The molecule has 128 valence electrons. The number of hydrogen-bond acceptors (Lipinski definition) is 1. The Labute approximate surface area is 134 Å². The third kappa shape index (κ3) is 5.06. The fourth-order valence-electron chi connectivity index (χ4n) is 3.17. The molecule has 1 atom stereocenters. The Balaban J connectivity index is 1.92. The van der Waals surface area contributed by atoms with Gasteiger partial charge >= 0.3 is 0 Å². The van der Waals surface area contributed by atoms with Crippen molar-refractivity contribution in [3.63, 3.8) is 0 Å². The first-order valence-corrected chi connectivity index (χ1v) is 7.97. The van der Waals surface area contributed by atoms with E-state index in [9.17, 15) is 17.6 Å². The average molecular weight is 330 g/mol. The van der Waals surface area contributed by atoms with Crippen LogP contribution in [0.4, 0.5) is 17.6 Å². The average Bonchev–Trinajstić information content (AvgIpc) is 2.52. The highest BCUT2D eigenvalue weighted by Crippen LogP contribution is 2.35. The van der Waals surface area contributed by atoms with Crippen molar-refractivity contribution in [3.8, 4) is 0 Å². The molecule has 0 aromatic heterocycles. The van der Waals surface area contributed by atoms with Crippen molar-refractivity contribution in [1.82, 2.24) is 0 Å². The molecule has 1 aliphatic carbocycles. The third-order valence-electron chi connectivity index (χ3n) is 4.42. The van der Waals surface area contributed by atoms with Crippen molar-refractivity contribution >= 4 is 0 Å². The lowest BCUT2D eigenvalue weighted by Crippen LogP contribution is -2.33. The molecule has 0 bridgehead atoms. The maximum absolute atomic E-state index is 13.3. The Kier molecular flexibility index (Phi) is 6.63. The fourth-order valence-corrected chi connectivity index (χ4v) is 3.17. The highest BCUT2D eigenvalue weighted by atomic mass is 19.3. The first kappa shape index (κ1) is 18.0. The smallest absolute Gasteiger partial charge is 0.264 e. The minimum Gasteiger partial charge on any atom is -0.367 e. The van der Waals surface area contributed by atoms with Gasteiger partial charge in [0, 0.05) is 0 Å². The van der Waals surface area contributed by atoms with Gasteiger partial charge in [-0.2, -0.15) is 0 Å². The normalized spacial score (nSPS) is 23.6. The molecule has 0 spiro atoms. The summed E-state index contributed by atoms with van der Waals surface area (Å²) in [5.41, 5.74) is 0.358. The minimum atomic E-state index is -2.58. The van der Waals surface area contributed by atoms with E-state index in [1.807, 2.05) is 13.0 Å². The highest BCUT2D eigenvalue weighted by molar-refractivity contribution is 5.16. The quantitative estimate of drug-likeness (QED) is 0.494. The summed E-state index contributed by atoms with van der Waals surface area (Å²) in [5, 5.41) is 0. The number of rotatable bonds is 6. The van der Waals surface area contributed by atoms with Gasteiger partial charge in [0.1, 0.15) is 6.10 Å². The van der Waals surface area contributed by atoms with Gasteiger partial charge in [0.2, 0.25) is 0 Å². The van der Waals surface area contributed by atoms with Crippen LogP contribution in [-0.4, -0.2) is 12.5 Å². The Bertz CT molecular complexity index is 522. The predicted molar refractivity (Wildman–Crippen MR) is 81.2 cm³/mol. The maximum atomic E-state index is 13.3. The van der Waals surface area contributed by atoms with Gasteiger partial charge in [-0.05, 0) is 62.1 Å². The molecule has 1 aromatic carbocycles. The molecule has 1 aromatic rings. The molecule has 0 N–H and O–H groups in total. The van der Waals surface area contributed by atoms with Crippen LogP contribution in [-0.2, 0) is 11.3 Å². The van der Waals surface area contributed by atoms with Crippen LogP contribution in [0.3, 0.4) is 0 Å². The lowest BCUT2D eigenvalue weighted by molar-refractivity contribution is -0.101. The van der Waals surface area contributed by atoms with Crippen LogP contribution in [0, 0.1) is 23.5 Å². The topological polar surface area (TPSA) is 9.23 Å². The minimum absolute atomic E-state index is 0.138. The van der Waals surface area contributed by atoms with E-state index in [2.05, 4.69) is 6.08 Å². The maximum Gasteiger partial charge on any atom is 0.264 e. The summed E-state index contributed by atoms with van der Waals surface area (Å²) in [6.07, 6.45) is 3.53.